The molecule has 236 valence electrons. The molecular weight excluding hydrogens is 607 g/mol. The standard InChI is InChI=1S/C34H33ClF3N3O4/c1-4-44-33(42)32-24(8-6-15-45-28-9-5-7-21-17-22(36)10-11-23(21)28)25-12-13-26(35)30-29-20(2)40(3)39-27(29)18-43-16-14-34(37,38)19-41(32)31(25)30/h5,7,9-13,17H,4,6,8,14-16,18-19H2,1-3H3. The van der Waals surface area contributed by atoms with Crippen LogP contribution < -0.4 is 4.74 Å². The molecule has 0 amide bonds. The summed E-state index contributed by atoms with van der Waals surface area (Å²) in [4.78, 5) is 13.6. The molecule has 0 saturated carbocycles. The number of esters is 1. The monoisotopic (exact) mass is 639 g/mol. The summed E-state index contributed by atoms with van der Waals surface area (Å²) in [5.41, 5.74) is 3.64. The van der Waals surface area contributed by atoms with Crippen LogP contribution in [0.5, 0.6) is 5.75 Å². The molecule has 3 aromatic carbocycles. The smallest absolute Gasteiger partial charge is 0.355 e. The average molecular weight is 640 g/mol. The minimum Gasteiger partial charge on any atom is -0.493 e. The Morgan fingerprint density at radius 2 is 1.93 bits per heavy atom. The van der Waals surface area contributed by atoms with E-state index in [1.807, 2.05) is 19.1 Å². The molecule has 0 bridgehead atoms. The van der Waals surface area contributed by atoms with Crippen LogP contribution in [-0.2, 0) is 36.1 Å². The molecule has 0 N–H and O–H groups in total. The topological polar surface area (TPSA) is 67.5 Å². The van der Waals surface area contributed by atoms with Gasteiger partial charge < -0.3 is 18.8 Å². The second-order valence-corrected chi connectivity index (χ2v) is 11.6. The number of hydrogen-bond acceptors (Lipinski definition) is 5. The van der Waals surface area contributed by atoms with Crippen molar-refractivity contribution < 1.29 is 32.2 Å². The van der Waals surface area contributed by atoms with Gasteiger partial charge in [-0.15, -0.1) is 0 Å². The van der Waals surface area contributed by atoms with Gasteiger partial charge in [-0.1, -0.05) is 29.8 Å². The van der Waals surface area contributed by atoms with Gasteiger partial charge in [0.1, 0.15) is 17.3 Å². The summed E-state index contributed by atoms with van der Waals surface area (Å²) in [6.45, 7) is 3.00. The van der Waals surface area contributed by atoms with Crippen LogP contribution in [0.3, 0.4) is 0 Å². The van der Waals surface area contributed by atoms with Gasteiger partial charge in [0, 0.05) is 41.1 Å². The fourth-order valence-corrected chi connectivity index (χ4v) is 6.41. The van der Waals surface area contributed by atoms with Crippen molar-refractivity contribution in [1.29, 1.82) is 0 Å². The van der Waals surface area contributed by atoms with E-state index in [2.05, 4.69) is 5.10 Å². The van der Waals surface area contributed by atoms with E-state index < -0.39 is 24.9 Å². The number of ether oxygens (including phenoxy) is 3. The Morgan fingerprint density at radius 1 is 1.13 bits per heavy atom. The molecule has 45 heavy (non-hydrogen) atoms. The molecule has 0 spiro atoms. The van der Waals surface area contributed by atoms with Gasteiger partial charge in [0.2, 0.25) is 0 Å². The van der Waals surface area contributed by atoms with Crippen molar-refractivity contribution in [1.82, 2.24) is 14.3 Å². The number of hydrogen-bond donors (Lipinski definition) is 0. The fourth-order valence-electron chi connectivity index (χ4n) is 6.16. The highest BCUT2D eigenvalue weighted by atomic mass is 35.5. The Hall–Kier alpha value is -4.02. The molecule has 0 radical (unpaired) electrons. The van der Waals surface area contributed by atoms with E-state index in [1.165, 1.54) is 16.7 Å². The first-order valence-corrected chi connectivity index (χ1v) is 15.3. The van der Waals surface area contributed by atoms with Gasteiger partial charge in [-0.25, -0.2) is 18.0 Å². The number of carbonyl (C=O) groups is 1. The van der Waals surface area contributed by atoms with E-state index >= 15 is 8.78 Å². The van der Waals surface area contributed by atoms with Crippen LogP contribution >= 0.6 is 11.6 Å². The summed E-state index contributed by atoms with van der Waals surface area (Å²) >= 11 is 6.87. The van der Waals surface area contributed by atoms with Crippen LogP contribution in [0.15, 0.2) is 48.5 Å². The zero-order chi connectivity index (χ0) is 31.9. The Kier molecular flexibility index (Phi) is 8.54. The molecule has 3 heterocycles. The number of alkyl halides is 2. The lowest BCUT2D eigenvalue weighted by molar-refractivity contribution is -0.0484. The molecule has 0 unspecified atom stereocenters. The molecule has 0 atom stereocenters. The largest absolute Gasteiger partial charge is 0.493 e. The lowest BCUT2D eigenvalue weighted by Crippen LogP contribution is -2.28. The first kappa shape index (κ1) is 31.0. The van der Waals surface area contributed by atoms with Crippen LogP contribution in [0.4, 0.5) is 13.2 Å². The third-order valence-electron chi connectivity index (χ3n) is 8.27. The molecule has 7 nitrogen and oxygen atoms in total. The van der Waals surface area contributed by atoms with E-state index in [1.54, 1.807) is 42.9 Å². The van der Waals surface area contributed by atoms with E-state index in [-0.39, 0.29) is 37.9 Å². The predicted molar refractivity (Wildman–Crippen MR) is 167 cm³/mol. The number of rotatable bonds is 7. The molecule has 11 heteroatoms. The number of nitrogens with zero attached hydrogens (tertiary/aromatic N) is 3. The maximum absolute atomic E-state index is 15.5. The highest BCUT2D eigenvalue weighted by Gasteiger charge is 2.36. The van der Waals surface area contributed by atoms with Crippen LogP contribution in [0.1, 0.15) is 47.2 Å². The number of fused-ring (bicyclic) bond motifs is 3. The Morgan fingerprint density at radius 3 is 2.73 bits per heavy atom. The number of aryl methyl sites for hydroxylation is 2. The summed E-state index contributed by atoms with van der Waals surface area (Å²) in [7, 11) is 1.80. The third-order valence-corrected chi connectivity index (χ3v) is 8.59. The van der Waals surface area contributed by atoms with Gasteiger partial charge in [0.05, 0.1) is 49.2 Å². The van der Waals surface area contributed by atoms with Crippen molar-refractivity contribution >= 4 is 39.2 Å². The Labute approximate surface area is 263 Å². The van der Waals surface area contributed by atoms with Gasteiger partial charge in [0.15, 0.2) is 0 Å². The van der Waals surface area contributed by atoms with Crippen molar-refractivity contribution in [3.63, 3.8) is 0 Å². The lowest BCUT2D eigenvalue weighted by atomic mass is 9.98. The van der Waals surface area contributed by atoms with Crippen LogP contribution in [0, 0.1) is 12.7 Å². The lowest BCUT2D eigenvalue weighted by Gasteiger charge is -2.20. The van der Waals surface area contributed by atoms with Crippen LogP contribution in [-0.4, -0.2) is 46.1 Å². The van der Waals surface area contributed by atoms with Gasteiger partial charge in [-0.2, -0.15) is 5.10 Å². The van der Waals surface area contributed by atoms with Gasteiger partial charge >= 0.3 is 5.97 Å². The second-order valence-electron chi connectivity index (χ2n) is 11.2. The maximum atomic E-state index is 15.5. The average Bonchev–Trinajstić information content (AvgIpc) is 3.44. The van der Waals surface area contributed by atoms with Crippen LogP contribution in [0.2, 0.25) is 5.02 Å². The molecule has 5 aromatic rings. The predicted octanol–water partition coefficient (Wildman–Crippen LogP) is 8.04. The molecule has 2 aromatic heterocycles. The van der Waals surface area contributed by atoms with Crippen molar-refractivity contribution in [3.8, 4) is 16.9 Å². The number of halogens is 4. The zero-order valence-corrected chi connectivity index (χ0v) is 26.0. The van der Waals surface area contributed by atoms with Crippen molar-refractivity contribution in [2.75, 3.05) is 19.8 Å². The molecule has 6 rings (SSSR count). The SMILES string of the molecule is CCOC(=O)c1c(CCCOc2cccc3cc(F)ccc23)c2ccc(Cl)c3c2n1CC(F)(F)CCOCc1nn(C)c(C)c1-3. The third kappa shape index (κ3) is 5.89. The second kappa shape index (κ2) is 12.4. The minimum atomic E-state index is -3.19. The van der Waals surface area contributed by atoms with E-state index in [9.17, 15) is 9.18 Å². The van der Waals surface area contributed by atoms with E-state index in [0.717, 1.165) is 11.1 Å². The minimum absolute atomic E-state index is 0.0380. The zero-order valence-electron chi connectivity index (χ0n) is 25.3. The number of carbonyl (C=O) groups excluding carboxylic acids is 1. The van der Waals surface area contributed by atoms with Gasteiger partial charge in [-0.05, 0) is 68.0 Å². The molecule has 1 aliphatic rings. The van der Waals surface area contributed by atoms with Gasteiger partial charge in [-0.3, -0.25) is 4.68 Å². The molecule has 0 saturated heterocycles. The Bertz CT molecular complexity index is 1920. The summed E-state index contributed by atoms with van der Waals surface area (Å²) in [6.07, 6.45) is 0.262. The van der Waals surface area contributed by atoms with Gasteiger partial charge in [0.25, 0.3) is 5.92 Å². The van der Waals surface area contributed by atoms with Crippen molar-refractivity contribution in [2.24, 2.45) is 7.05 Å². The Balaban J connectivity index is 1.47. The summed E-state index contributed by atoms with van der Waals surface area (Å²) in [6, 6.07) is 13.4. The summed E-state index contributed by atoms with van der Waals surface area (Å²) in [5.74, 6) is -3.61. The number of aromatic nitrogens is 3. The summed E-state index contributed by atoms with van der Waals surface area (Å²) < 4.78 is 65.1. The fraction of sp³-hybridized carbons (Fsp3) is 0.353. The highest BCUT2D eigenvalue weighted by Crippen LogP contribution is 2.44. The quantitative estimate of drug-likeness (QED) is 0.133. The first-order chi connectivity index (χ1) is 21.6. The van der Waals surface area contributed by atoms with Crippen LogP contribution in [0.25, 0.3) is 32.8 Å². The number of benzene rings is 3. The highest BCUT2D eigenvalue weighted by molar-refractivity contribution is 6.35. The molecule has 0 fully saturated rings. The molecular formula is C34H33ClF3N3O4. The normalized spacial score (nSPS) is 14.7. The van der Waals surface area contributed by atoms with Crippen molar-refractivity contribution in [2.45, 2.75) is 52.2 Å². The maximum Gasteiger partial charge on any atom is 0.355 e. The summed E-state index contributed by atoms with van der Waals surface area (Å²) in [5, 5.41) is 7.08. The van der Waals surface area contributed by atoms with E-state index in [4.69, 9.17) is 25.8 Å². The van der Waals surface area contributed by atoms with E-state index in [0.29, 0.717) is 62.3 Å². The first-order valence-electron chi connectivity index (χ1n) is 14.9. The van der Waals surface area contributed by atoms with Crippen molar-refractivity contribution in [3.05, 3.63) is 82.0 Å². The molecule has 1 aliphatic heterocycles. The molecule has 0 aliphatic carbocycles.